The van der Waals surface area contributed by atoms with Crippen molar-refractivity contribution in [2.45, 2.75) is 25.2 Å². The van der Waals surface area contributed by atoms with Gasteiger partial charge in [0.1, 0.15) is 11.6 Å². The molecule has 1 heterocycles. The first-order chi connectivity index (χ1) is 17.2. The number of nitrogens with zero attached hydrogens (tertiary/aromatic N) is 2. The molecule has 0 bridgehead atoms. The van der Waals surface area contributed by atoms with Crippen LogP contribution in [0.1, 0.15) is 23.1 Å². The van der Waals surface area contributed by atoms with E-state index >= 15 is 0 Å². The van der Waals surface area contributed by atoms with Crippen molar-refractivity contribution >= 4 is 17.4 Å². The van der Waals surface area contributed by atoms with Crippen molar-refractivity contribution in [2.75, 3.05) is 19.0 Å². The second-order valence-electron chi connectivity index (χ2n) is 8.18. The molecule has 0 aromatic heterocycles. The molecule has 1 N–H and O–H groups in total. The lowest BCUT2D eigenvalue weighted by Gasteiger charge is -2.26. The number of alkyl halides is 3. The quantitative estimate of drug-likeness (QED) is 0.399. The number of nitrogens with one attached hydrogen (secondary N) is 1. The van der Waals surface area contributed by atoms with E-state index in [9.17, 15) is 22.4 Å². The highest BCUT2D eigenvalue weighted by Gasteiger charge is 2.31. The highest BCUT2D eigenvalue weighted by Crippen LogP contribution is 2.30. The Bertz CT molecular complexity index is 1230. The molecule has 6 nitrogen and oxygen atoms in total. The van der Waals surface area contributed by atoms with Gasteiger partial charge in [-0.05, 0) is 47.5 Å². The van der Waals surface area contributed by atoms with Gasteiger partial charge in [0.2, 0.25) is 0 Å². The van der Waals surface area contributed by atoms with Crippen molar-refractivity contribution in [1.29, 1.82) is 0 Å². The molecule has 1 aliphatic heterocycles. The van der Waals surface area contributed by atoms with Crippen molar-refractivity contribution in [3.8, 4) is 5.75 Å². The Labute approximate surface area is 205 Å². The van der Waals surface area contributed by atoms with Crippen LogP contribution in [-0.4, -0.2) is 36.4 Å². The maximum Gasteiger partial charge on any atom is 0.416 e. The largest absolute Gasteiger partial charge is 0.495 e. The average molecular weight is 501 g/mol. The summed E-state index contributed by atoms with van der Waals surface area (Å²) in [4.78, 5) is 20.2. The van der Waals surface area contributed by atoms with Gasteiger partial charge in [-0.3, -0.25) is 0 Å². The summed E-state index contributed by atoms with van der Waals surface area (Å²) in [5, 5.41) is 6.87. The number of carbonyl (C=O) groups is 1. The minimum Gasteiger partial charge on any atom is -0.495 e. The Balaban J connectivity index is 1.50. The first kappa shape index (κ1) is 25.0. The number of carbonyl (C=O) groups excluding carboxylic acids is 1. The van der Waals surface area contributed by atoms with Crippen molar-refractivity contribution in [3.05, 3.63) is 95.3 Å². The van der Waals surface area contributed by atoms with Gasteiger partial charge in [0.15, 0.2) is 6.10 Å². The third-order valence-corrected chi connectivity index (χ3v) is 5.62. The highest BCUT2D eigenvalue weighted by atomic mass is 19.4. The zero-order valence-corrected chi connectivity index (χ0v) is 19.3. The summed E-state index contributed by atoms with van der Waals surface area (Å²) in [7, 11) is 1.48. The van der Waals surface area contributed by atoms with Crippen LogP contribution in [0.4, 0.5) is 28.0 Å². The third kappa shape index (κ3) is 6.12. The maximum absolute atomic E-state index is 13.2. The number of anilines is 1. The molecular formula is C26H23F4N3O3. The second-order valence-corrected chi connectivity index (χ2v) is 8.18. The predicted molar refractivity (Wildman–Crippen MR) is 126 cm³/mol. The second kappa shape index (κ2) is 10.7. The van der Waals surface area contributed by atoms with Gasteiger partial charge in [-0.2, -0.15) is 13.2 Å². The Morgan fingerprint density at radius 3 is 2.44 bits per heavy atom. The first-order valence-electron chi connectivity index (χ1n) is 11.1. The molecule has 0 spiro atoms. The van der Waals surface area contributed by atoms with E-state index in [-0.39, 0.29) is 18.9 Å². The summed E-state index contributed by atoms with van der Waals surface area (Å²) in [6.45, 7) is 0.140. The predicted octanol–water partition coefficient (Wildman–Crippen LogP) is 6.08. The molecule has 10 heteroatoms. The summed E-state index contributed by atoms with van der Waals surface area (Å²) in [6.07, 6.45) is -4.58. The SMILES string of the molecule is COc1ccccc1NC(=O)N(Cc1ccc(C(F)(F)F)cc1)CC1CC(c2ccc(F)cc2)=NO1. The van der Waals surface area contributed by atoms with E-state index in [4.69, 9.17) is 9.57 Å². The normalized spacial score (nSPS) is 15.1. The summed E-state index contributed by atoms with van der Waals surface area (Å²) in [5.74, 6) is 0.0879. The lowest BCUT2D eigenvalue weighted by molar-refractivity contribution is -0.137. The monoisotopic (exact) mass is 501 g/mol. The zero-order chi connectivity index (χ0) is 25.7. The van der Waals surface area contributed by atoms with Gasteiger partial charge in [0.25, 0.3) is 0 Å². The van der Waals surface area contributed by atoms with Crippen LogP contribution in [0.15, 0.2) is 78.0 Å². The van der Waals surface area contributed by atoms with Crippen LogP contribution in [0.5, 0.6) is 5.75 Å². The number of oxime groups is 1. The Morgan fingerprint density at radius 1 is 1.08 bits per heavy atom. The molecule has 0 fully saturated rings. The Morgan fingerprint density at radius 2 is 1.78 bits per heavy atom. The molecular weight excluding hydrogens is 478 g/mol. The summed E-state index contributed by atoms with van der Waals surface area (Å²) >= 11 is 0. The van der Waals surface area contributed by atoms with Crippen LogP contribution in [0.25, 0.3) is 0 Å². The maximum atomic E-state index is 13.2. The fourth-order valence-electron chi connectivity index (χ4n) is 3.77. The van der Waals surface area contributed by atoms with E-state index in [1.807, 2.05) is 0 Å². The summed E-state index contributed by atoms with van der Waals surface area (Å²) < 4.78 is 57.4. The summed E-state index contributed by atoms with van der Waals surface area (Å²) in [5.41, 5.74) is 1.49. The zero-order valence-electron chi connectivity index (χ0n) is 19.3. The molecule has 1 atom stereocenters. The summed E-state index contributed by atoms with van der Waals surface area (Å²) in [6, 6.07) is 16.8. The fourth-order valence-corrected chi connectivity index (χ4v) is 3.77. The van der Waals surface area contributed by atoms with Crippen molar-refractivity contribution in [2.24, 2.45) is 5.16 Å². The van der Waals surface area contributed by atoms with Crippen LogP contribution in [-0.2, 0) is 17.6 Å². The molecule has 0 radical (unpaired) electrons. The van der Waals surface area contributed by atoms with Crippen LogP contribution in [0.3, 0.4) is 0 Å². The van der Waals surface area contributed by atoms with E-state index in [0.29, 0.717) is 34.7 Å². The lowest BCUT2D eigenvalue weighted by atomic mass is 10.0. The number of para-hydroxylation sites is 2. The van der Waals surface area contributed by atoms with Crippen LogP contribution >= 0.6 is 0 Å². The van der Waals surface area contributed by atoms with Gasteiger partial charge >= 0.3 is 12.2 Å². The minimum absolute atomic E-state index is 0.0326. The van der Waals surface area contributed by atoms with E-state index in [1.165, 1.54) is 36.3 Å². The van der Waals surface area contributed by atoms with Gasteiger partial charge in [-0.1, -0.05) is 41.6 Å². The van der Waals surface area contributed by atoms with Gasteiger partial charge in [-0.25, -0.2) is 9.18 Å². The number of hydrogen-bond acceptors (Lipinski definition) is 4. The minimum atomic E-state index is -4.45. The third-order valence-electron chi connectivity index (χ3n) is 5.62. The number of amides is 2. The molecule has 2 amide bonds. The molecule has 0 aliphatic carbocycles. The van der Waals surface area contributed by atoms with Crippen molar-refractivity contribution in [3.63, 3.8) is 0 Å². The lowest BCUT2D eigenvalue weighted by Crippen LogP contribution is -2.40. The fraction of sp³-hybridized carbons (Fsp3) is 0.231. The van der Waals surface area contributed by atoms with E-state index < -0.39 is 23.9 Å². The number of benzene rings is 3. The Hall–Kier alpha value is -4.08. The number of methoxy groups -OCH3 is 1. The molecule has 1 unspecified atom stereocenters. The molecule has 36 heavy (non-hydrogen) atoms. The molecule has 3 aromatic rings. The van der Waals surface area contributed by atoms with E-state index in [1.54, 1.807) is 36.4 Å². The smallest absolute Gasteiger partial charge is 0.416 e. The van der Waals surface area contributed by atoms with Gasteiger partial charge in [0.05, 0.1) is 30.6 Å². The molecule has 3 aromatic carbocycles. The number of halogens is 4. The van der Waals surface area contributed by atoms with E-state index in [0.717, 1.165) is 12.1 Å². The number of ether oxygens (including phenoxy) is 1. The highest BCUT2D eigenvalue weighted by molar-refractivity contribution is 6.01. The van der Waals surface area contributed by atoms with Gasteiger partial charge in [-0.15, -0.1) is 0 Å². The molecule has 4 rings (SSSR count). The van der Waals surface area contributed by atoms with Crippen LogP contribution < -0.4 is 10.1 Å². The number of rotatable bonds is 7. The molecule has 0 saturated heterocycles. The number of hydrogen-bond donors (Lipinski definition) is 1. The van der Waals surface area contributed by atoms with Crippen molar-refractivity contribution in [1.82, 2.24) is 4.90 Å². The first-order valence-corrected chi connectivity index (χ1v) is 11.1. The molecule has 188 valence electrons. The molecule has 0 saturated carbocycles. The van der Waals surface area contributed by atoms with Crippen LogP contribution in [0, 0.1) is 5.82 Å². The number of urea groups is 1. The van der Waals surface area contributed by atoms with Crippen molar-refractivity contribution < 1.29 is 31.9 Å². The van der Waals surface area contributed by atoms with Gasteiger partial charge in [0, 0.05) is 13.0 Å². The van der Waals surface area contributed by atoms with Crippen LogP contribution in [0.2, 0.25) is 0 Å². The van der Waals surface area contributed by atoms with E-state index in [2.05, 4.69) is 10.5 Å². The Kier molecular flexibility index (Phi) is 7.42. The standard InChI is InChI=1S/C26H23F4N3O3/c1-35-24-5-3-2-4-22(24)31-25(34)33(15-17-6-10-19(11-7-17)26(28,29)30)16-21-14-23(32-36-21)18-8-12-20(27)13-9-18/h2-13,21H,14-16H2,1H3,(H,31,34). The van der Waals surface area contributed by atoms with Gasteiger partial charge < -0.3 is 19.8 Å². The average Bonchev–Trinajstić information content (AvgIpc) is 3.32. The molecule has 1 aliphatic rings. The topological polar surface area (TPSA) is 63.2 Å².